The third-order valence-corrected chi connectivity index (χ3v) is 5.53. The van der Waals surface area contributed by atoms with Crippen molar-refractivity contribution in [1.29, 1.82) is 0 Å². The van der Waals surface area contributed by atoms with Gasteiger partial charge in [0.2, 0.25) is 5.82 Å². The molecular formula is C25H19ClN8O2. The van der Waals surface area contributed by atoms with Crippen molar-refractivity contribution in [3.8, 4) is 22.8 Å². The van der Waals surface area contributed by atoms with E-state index in [4.69, 9.17) is 11.6 Å². The first kappa shape index (κ1) is 22.9. The van der Waals surface area contributed by atoms with E-state index in [1.165, 1.54) is 4.68 Å². The molecule has 0 atom stereocenters. The Morgan fingerprint density at radius 2 is 1.47 bits per heavy atom. The fraction of sp³-hybridized carbons (Fsp3) is 0.0400. The molecule has 0 saturated heterocycles. The summed E-state index contributed by atoms with van der Waals surface area (Å²) < 4.78 is 3.06. The van der Waals surface area contributed by atoms with Crippen LogP contribution in [-0.4, -0.2) is 41.6 Å². The lowest BCUT2D eigenvalue weighted by atomic mass is 10.2. The first-order valence-corrected chi connectivity index (χ1v) is 11.3. The van der Waals surface area contributed by atoms with Crippen LogP contribution in [-0.2, 0) is 0 Å². The van der Waals surface area contributed by atoms with Gasteiger partial charge in [0.1, 0.15) is 0 Å². The molecule has 5 rings (SSSR count). The molecule has 0 unspecified atom stereocenters. The standard InChI is InChI=1S/C25H19ClN8O2/c1-16-21(28-32-33(16)20-14-8-11-18(26)15-20)24(35)29-30-25(36)22-27-23(17-9-4-2-5-10-17)34(31-22)19-12-6-3-7-13-19/h2-15H,1H3,(H,29,35)(H,30,36). The van der Waals surface area contributed by atoms with E-state index in [1.54, 1.807) is 35.9 Å². The number of halogens is 1. The number of carbonyl (C=O) groups excluding carboxylic acids is 2. The lowest BCUT2D eigenvalue weighted by Gasteiger charge is -2.06. The summed E-state index contributed by atoms with van der Waals surface area (Å²) >= 11 is 6.05. The maximum Gasteiger partial charge on any atom is 0.309 e. The minimum Gasteiger partial charge on any atom is -0.265 e. The van der Waals surface area contributed by atoms with Crippen molar-refractivity contribution in [1.82, 2.24) is 40.6 Å². The van der Waals surface area contributed by atoms with E-state index in [0.29, 0.717) is 22.2 Å². The van der Waals surface area contributed by atoms with Crippen LogP contribution in [0.1, 0.15) is 26.8 Å². The highest BCUT2D eigenvalue weighted by molar-refractivity contribution is 6.30. The molecule has 5 aromatic rings. The number of rotatable bonds is 5. The highest BCUT2D eigenvalue weighted by atomic mass is 35.5. The summed E-state index contributed by atoms with van der Waals surface area (Å²) in [6, 6.07) is 25.7. The second-order valence-corrected chi connectivity index (χ2v) is 8.13. The quantitative estimate of drug-likeness (QED) is 0.358. The Balaban J connectivity index is 1.36. The molecular weight excluding hydrogens is 480 g/mol. The minimum atomic E-state index is -0.685. The molecule has 11 heteroatoms. The number of benzene rings is 3. The van der Waals surface area contributed by atoms with Gasteiger partial charge in [-0.3, -0.25) is 20.4 Å². The van der Waals surface area contributed by atoms with Gasteiger partial charge in [0, 0.05) is 10.6 Å². The molecule has 10 nitrogen and oxygen atoms in total. The smallest absolute Gasteiger partial charge is 0.265 e. The molecule has 2 aromatic heterocycles. The average Bonchev–Trinajstić information content (AvgIpc) is 3.52. The molecule has 0 bridgehead atoms. The summed E-state index contributed by atoms with van der Waals surface area (Å²) in [6.45, 7) is 1.69. The van der Waals surface area contributed by atoms with Crippen molar-refractivity contribution in [2.45, 2.75) is 6.92 Å². The summed E-state index contributed by atoms with van der Waals surface area (Å²) in [5.74, 6) is -0.953. The van der Waals surface area contributed by atoms with E-state index >= 15 is 0 Å². The fourth-order valence-corrected chi connectivity index (χ4v) is 3.74. The number of para-hydroxylation sites is 1. The SMILES string of the molecule is Cc1c(C(=O)NNC(=O)c2nc(-c3ccccc3)n(-c3ccccc3)n2)nnn1-c1cccc(Cl)c1. The van der Waals surface area contributed by atoms with Crippen molar-refractivity contribution in [2.75, 3.05) is 0 Å². The maximum absolute atomic E-state index is 12.8. The zero-order valence-corrected chi connectivity index (χ0v) is 19.7. The van der Waals surface area contributed by atoms with Crippen molar-refractivity contribution in [3.05, 3.63) is 107 Å². The van der Waals surface area contributed by atoms with Gasteiger partial charge in [0.05, 0.1) is 17.1 Å². The predicted octanol–water partition coefficient (Wildman–Crippen LogP) is 3.55. The molecule has 0 spiro atoms. The van der Waals surface area contributed by atoms with E-state index in [2.05, 4.69) is 31.2 Å². The molecule has 0 saturated carbocycles. The molecule has 2 N–H and O–H groups in total. The molecule has 3 aromatic carbocycles. The van der Waals surface area contributed by atoms with Gasteiger partial charge in [-0.05, 0) is 37.3 Å². The summed E-state index contributed by atoms with van der Waals surface area (Å²) in [5, 5.41) is 12.9. The van der Waals surface area contributed by atoms with Crippen LogP contribution >= 0.6 is 11.6 Å². The summed E-state index contributed by atoms with van der Waals surface area (Å²) in [6.07, 6.45) is 0. The van der Waals surface area contributed by atoms with Crippen molar-refractivity contribution in [3.63, 3.8) is 0 Å². The number of hydrazine groups is 1. The Kier molecular flexibility index (Phi) is 6.25. The molecule has 2 heterocycles. The molecule has 0 aliphatic heterocycles. The lowest BCUT2D eigenvalue weighted by molar-refractivity contribution is 0.0838. The first-order valence-electron chi connectivity index (χ1n) is 10.9. The lowest BCUT2D eigenvalue weighted by Crippen LogP contribution is -2.42. The largest absolute Gasteiger partial charge is 0.309 e. The van der Waals surface area contributed by atoms with Gasteiger partial charge in [-0.2, -0.15) is 0 Å². The maximum atomic E-state index is 12.8. The average molecular weight is 499 g/mol. The first-order chi connectivity index (χ1) is 17.5. The van der Waals surface area contributed by atoms with Crippen LogP contribution in [0.15, 0.2) is 84.9 Å². The number of aromatic nitrogens is 6. The van der Waals surface area contributed by atoms with E-state index in [0.717, 1.165) is 11.3 Å². The van der Waals surface area contributed by atoms with Crippen LogP contribution in [0.2, 0.25) is 5.02 Å². The summed E-state index contributed by atoms with van der Waals surface area (Å²) in [5.41, 5.74) is 7.39. The summed E-state index contributed by atoms with van der Waals surface area (Å²) in [4.78, 5) is 30.0. The Morgan fingerprint density at radius 3 is 2.19 bits per heavy atom. The van der Waals surface area contributed by atoms with E-state index < -0.39 is 11.8 Å². The Labute approximate surface area is 210 Å². The Morgan fingerprint density at radius 1 is 0.806 bits per heavy atom. The minimum absolute atomic E-state index is 0.0445. The molecule has 0 aliphatic carbocycles. The van der Waals surface area contributed by atoms with Gasteiger partial charge in [-0.15, -0.1) is 10.2 Å². The normalized spacial score (nSPS) is 10.7. The van der Waals surface area contributed by atoms with Crippen LogP contribution in [0, 0.1) is 6.92 Å². The number of nitrogens with zero attached hydrogens (tertiary/aromatic N) is 6. The monoisotopic (exact) mass is 498 g/mol. The van der Waals surface area contributed by atoms with Crippen molar-refractivity contribution in [2.24, 2.45) is 0 Å². The van der Waals surface area contributed by atoms with Crippen LogP contribution in [0.25, 0.3) is 22.8 Å². The van der Waals surface area contributed by atoms with E-state index in [1.807, 2.05) is 60.7 Å². The van der Waals surface area contributed by atoms with Crippen LogP contribution in [0.4, 0.5) is 0 Å². The van der Waals surface area contributed by atoms with E-state index in [9.17, 15) is 9.59 Å². The molecule has 0 aliphatic rings. The van der Waals surface area contributed by atoms with Gasteiger partial charge in [-0.1, -0.05) is 71.4 Å². The fourth-order valence-electron chi connectivity index (χ4n) is 3.55. The third-order valence-electron chi connectivity index (χ3n) is 5.29. The molecule has 36 heavy (non-hydrogen) atoms. The Hall–Kier alpha value is -4.83. The van der Waals surface area contributed by atoms with Gasteiger partial charge in [0.15, 0.2) is 11.5 Å². The predicted molar refractivity (Wildman–Crippen MR) is 133 cm³/mol. The van der Waals surface area contributed by atoms with Crippen molar-refractivity contribution < 1.29 is 9.59 Å². The second kappa shape index (κ2) is 9.80. The number of carbonyl (C=O) groups is 2. The number of hydrogen-bond donors (Lipinski definition) is 2. The van der Waals surface area contributed by atoms with Gasteiger partial charge in [-0.25, -0.2) is 14.3 Å². The zero-order chi connectivity index (χ0) is 25.1. The molecule has 0 fully saturated rings. The molecule has 178 valence electrons. The van der Waals surface area contributed by atoms with Crippen LogP contribution in [0.3, 0.4) is 0 Å². The van der Waals surface area contributed by atoms with Gasteiger partial charge < -0.3 is 0 Å². The van der Waals surface area contributed by atoms with Crippen LogP contribution in [0.5, 0.6) is 0 Å². The van der Waals surface area contributed by atoms with Crippen molar-refractivity contribution >= 4 is 23.4 Å². The highest BCUT2D eigenvalue weighted by Crippen LogP contribution is 2.21. The topological polar surface area (TPSA) is 120 Å². The number of nitrogens with one attached hydrogen (secondary N) is 2. The van der Waals surface area contributed by atoms with Gasteiger partial charge in [0.25, 0.3) is 5.91 Å². The Bertz CT molecular complexity index is 1490. The zero-order valence-electron chi connectivity index (χ0n) is 19.0. The van der Waals surface area contributed by atoms with Gasteiger partial charge >= 0.3 is 5.91 Å². The summed E-state index contributed by atoms with van der Waals surface area (Å²) in [7, 11) is 0. The van der Waals surface area contributed by atoms with E-state index in [-0.39, 0.29) is 11.5 Å². The molecule has 2 amide bonds. The molecule has 0 radical (unpaired) electrons. The van der Waals surface area contributed by atoms with Crippen LogP contribution < -0.4 is 10.9 Å². The second-order valence-electron chi connectivity index (χ2n) is 7.70. The highest BCUT2D eigenvalue weighted by Gasteiger charge is 2.21. The number of amides is 2. The number of hydrogen-bond acceptors (Lipinski definition) is 6. The third kappa shape index (κ3) is 4.57.